The first-order valence-corrected chi connectivity index (χ1v) is 7.23. The Labute approximate surface area is 113 Å². The van der Waals surface area contributed by atoms with Gasteiger partial charge in [0.2, 0.25) is 0 Å². The van der Waals surface area contributed by atoms with E-state index in [0.29, 0.717) is 0 Å². The van der Waals surface area contributed by atoms with Gasteiger partial charge >= 0.3 is 0 Å². The molecule has 0 amide bonds. The van der Waals surface area contributed by atoms with Crippen LogP contribution in [-0.2, 0) is 5.75 Å². The summed E-state index contributed by atoms with van der Waals surface area (Å²) in [6.07, 6.45) is 0.396. The minimum atomic E-state index is -0.357. The van der Waals surface area contributed by atoms with E-state index in [1.165, 1.54) is 10.5 Å². The first-order chi connectivity index (χ1) is 8.81. The smallest absolute Gasteiger partial charge is 0.0798 e. The van der Waals surface area contributed by atoms with E-state index in [4.69, 9.17) is 0 Å². The van der Waals surface area contributed by atoms with E-state index in [2.05, 4.69) is 30.3 Å². The fourth-order valence-corrected chi connectivity index (χ4v) is 2.90. The summed E-state index contributed by atoms with van der Waals surface area (Å²) in [6.45, 7) is 2.00. The van der Waals surface area contributed by atoms with Crippen LogP contribution in [0, 0.1) is 0 Å². The standard InChI is InChI=1S/C16H18OS/c1-2-15(17)14-10-6-7-11-16(14)18-12-13-8-4-3-5-9-13/h3-11,15,17H,2,12H2,1H3/t15-/m1/s1. The van der Waals surface area contributed by atoms with Crippen LogP contribution in [0.1, 0.15) is 30.6 Å². The van der Waals surface area contributed by atoms with Gasteiger partial charge in [-0.25, -0.2) is 0 Å². The van der Waals surface area contributed by atoms with E-state index in [1.807, 2.05) is 31.2 Å². The van der Waals surface area contributed by atoms with Crippen LogP contribution in [0.2, 0.25) is 0 Å². The average Bonchev–Trinajstić information content (AvgIpc) is 2.45. The zero-order valence-electron chi connectivity index (χ0n) is 10.5. The van der Waals surface area contributed by atoms with Crippen LogP contribution in [0.15, 0.2) is 59.5 Å². The Morgan fingerprint density at radius 2 is 1.67 bits per heavy atom. The summed E-state index contributed by atoms with van der Waals surface area (Å²) in [7, 11) is 0. The molecule has 0 unspecified atom stereocenters. The molecule has 2 rings (SSSR count). The highest BCUT2D eigenvalue weighted by Gasteiger charge is 2.10. The van der Waals surface area contributed by atoms with Crippen molar-refractivity contribution in [3.8, 4) is 0 Å². The van der Waals surface area contributed by atoms with Crippen molar-refractivity contribution in [2.45, 2.75) is 30.1 Å². The number of benzene rings is 2. The monoisotopic (exact) mass is 258 g/mol. The molecular formula is C16H18OS. The fourth-order valence-electron chi connectivity index (χ4n) is 1.84. The second kappa shape index (κ2) is 6.62. The van der Waals surface area contributed by atoms with Gasteiger partial charge in [-0.2, -0.15) is 0 Å². The van der Waals surface area contributed by atoms with Crippen LogP contribution in [0.5, 0.6) is 0 Å². The van der Waals surface area contributed by atoms with Crippen LogP contribution in [0.3, 0.4) is 0 Å². The van der Waals surface area contributed by atoms with Crippen molar-refractivity contribution in [3.63, 3.8) is 0 Å². The Hall–Kier alpha value is -1.25. The molecule has 2 aromatic rings. The van der Waals surface area contributed by atoms with Gasteiger partial charge in [0.15, 0.2) is 0 Å². The quantitative estimate of drug-likeness (QED) is 0.801. The van der Waals surface area contributed by atoms with Crippen LogP contribution in [0.4, 0.5) is 0 Å². The van der Waals surface area contributed by atoms with Gasteiger partial charge in [-0.15, -0.1) is 11.8 Å². The van der Waals surface area contributed by atoms with E-state index in [1.54, 1.807) is 11.8 Å². The van der Waals surface area contributed by atoms with Gasteiger partial charge in [0, 0.05) is 10.6 Å². The summed E-state index contributed by atoms with van der Waals surface area (Å²) in [6, 6.07) is 18.5. The molecule has 0 radical (unpaired) electrons. The molecule has 2 heteroatoms. The summed E-state index contributed by atoms with van der Waals surface area (Å²) in [5, 5.41) is 9.99. The van der Waals surface area contributed by atoms with Gasteiger partial charge in [-0.1, -0.05) is 55.5 Å². The molecule has 1 atom stereocenters. The van der Waals surface area contributed by atoms with E-state index in [0.717, 1.165) is 17.7 Å². The second-order valence-electron chi connectivity index (χ2n) is 4.24. The first kappa shape index (κ1) is 13.2. The van der Waals surface area contributed by atoms with Gasteiger partial charge in [-0.05, 0) is 23.6 Å². The highest BCUT2D eigenvalue weighted by Crippen LogP contribution is 2.31. The lowest BCUT2D eigenvalue weighted by molar-refractivity contribution is 0.171. The van der Waals surface area contributed by atoms with Gasteiger partial charge in [0.1, 0.15) is 0 Å². The maximum atomic E-state index is 9.99. The SMILES string of the molecule is CC[C@@H](O)c1ccccc1SCc1ccccc1. The van der Waals surface area contributed by atoms with Crippen molar-refractivity contribution in [3.05, 3.63) is 65.7 Å². The molecule has 0 spiro atoms. The molecule has 0 aliphatic heterocycles. The number of rotatable bonds is 5. The third kappa shape index (κ3) is 3.37. The Bertz CT molecular complexity index is 481. The van der Waals surface area contributed by atoms with Crippen molar-refractivity contribution in [1.29, 1.82) is 0 Å². The van der Waals surface area contributed by atoms with Crippen LogP contribution in [0.25, 0.3) is 0 Å². The molecule has 1 nitrogen and oxygen atoms in total. The number of aliphatic hydroxyl groups excluding tert-OH is 1. The molecule has 0 heterocycles. The normalized spacial score (nSPS) is 12.3. The molecular weight excluding hydrogens is 240 g/mol. The topological polar surface area (TPSA) is 20.2 Å². The highest BCUT2D eigenvalue weighted by molar-refractivity contribution is 7.98. The Morgan fingerprint density at radius 1 is 1.00 bits per heavy atom. The summed E-state index contributed by atoms with van der Waals surface area (Å²) in [5.41, 5.74) is 2.35. The average molecular weight is 258 g/mol. The highest BCUT2D eigenvalue weighted by atomic mass is 32.2. The van der Waals surface area contributed by atoms with Gasteiger partial charge in [-0.3, -0.25) is 0 Å². The van der Waals surface area contributed by atoms with Crippen molar-refractivity contribution >= 4 is 11.8 Å². The molecule has 0 aliphatic rings. The molecule has 1 N–H and O–H groups in total. The minimum Gasteiger partial charge on any atom is -0.388 e. The number of hydrogen-bond donors (Lipinski definition) is 1. The lowest BCUT2D eigenvalue weighted by Crippen LogP contribution is -1.97. The number of thioether (sulfide) groups is 1. The molecule has 2 aromatic carbocycles. The lowest BCUT2D eigenvalue weighted by atomic mass is 10.1. The predicted molar refractivity (Wildman–Crippen MR) is 77.7 cm³/mol. The second-order valence-corrected chi connectivity index (χ2v) is 5.25. The van der Waals surface area contributed by atoms with Gasteiger partial charge in [0.05, 0.1) is 6.10 Å². The van der Waals surface area contributed by atoms with Crippen molar-refractivity contribution in [1.82, 2.24) is 0 Å². The third-order valence-corrected chi connectivity index (χ3v) is 4.06. The molecule has 0 bridgehead atoms. The maximum Gasteiger partial charge on any atom is 0.0798 e. The first-order valence-electron chi connectivity index (χ1n) is 6.25. The largest absolute Gasteiger partial charge is 0.388 e. The predicted octanol–water partition coefficient (Wildman–Crippen LogP) is 4.42. The Kier molecular flexibility index (Phi) is 4.85. The Balaban J connectivity index is 2.10. The summed E-state index contributed by atoms with van der Waals surface area (Å²) >= 11 is 1.78. The van der Waals surface area contributed by atoms with Crippen LogP contribution >= 0.6 is 11.8 Å². The third-order valence-electron chi connectivity index (χ3n) is 2.90. The fraction of sp³-hybridized carbons (Fsp3) is 0.250. The molecule has 0 fully saturated rings. The van der Waals surface area contributed by atoms with E-state index >= 15 is 0 Å². The zero-order valence-corrected chi connectivity index (χ0v) is 11.4. The molecule has 94 valence electrons. The molecule has 0 aliphatic carbocycles. The van der Waals surface area contributed by atoms with Crippen molar-refractivity contribution in [2.24, 2.45) is 0 Å². The summed E-state index contributed by atoms with van der Waals surface area (Å²) < 4.78 is 0. The molecule has 0 aromatic heterocycles. The van der Waals surface area contributed by atoms with Gasteiger partial charge < -0.3 is 5.11 Å². The lowest BCUT2D eigenvalue weighted by Gasteiger charge is -2.13. The number of aliphatic hydroxyl groups is 1. The molecule has 0 saturated heterocycles. The zero-order chi connectivity index (χ0) is 12.8. The van der Waals surface area contributed by atoms with Crippen molar-refractivity contribution < 1.29 is 5.11 Å². The summed E-state index contributed by atoms with van der Waals surface area (Å²) in [4.78, 5) is 1.18. The maximum absolute atomic E-state index is 9.99. The summed E-state index contributed by atoms with van der Waals surface area (Å²) in [5.74, 6) is 0.939. The van der Waals surface area contributed by atoms with Gasteiger partial charge in [0.25, 0.3) is 0 Å². The van der Waals surface area contributed by atoms with Crippen molar-refractivity contribution in [2.75, 3.05) is 0 Å². The number of hydrogen-bond acceptors (Lipinski definition) is 2. The Morgan fingerprint density at radius 3 is 2.39 bits per heavy atom. The van der Waals surface area contributed by atoms with E-state index < -0.39 is 0 Å². The minimum absolute atomic E-state index is 0.357. The van der Waals surface area contributed by atoms with Crippen LogP contribution < -0.4 is 0 Å². The molecule has 0 saturated carbocycles. The van der Waals surface area contributed by atoms with E-state index in [9.17, 15) is 5.11 Å². The molecule has 18 heavy (non-hydrogen) atoms. The van der Waals surface area contributed by atoms with E-state index in [-0.39, 0.29) is 6.10 Å². The van der Waals surface area contributed by atoms with Crippen LogP contribution in [-0.4, -0.2) is 5.11 Å².